The highest BCUT2D eigenvalue weighted by Gasteiger charge is 2.24. The van der Waals surface area contributed by atoms with Gasteiger partial charge in [0.2, 0.25) is 0 Å². The Labute approximate surface area is 157 Å². The zero-order valence-corrected chi connectivity index (χ0v) is 16.7. The minimum Gasteiger partial charge on any atom is -0.198 e. The van der Waals surface area contributed by atoms with Gasteiger partial charge in [0.05, 0.1) is 12.0 Å². The molecule has 1 atom stereocenters. The summed E-state index contributed by atoms with van der Waals surface area (Å²) in [5.41, 5.74) is 1.18. The van der Waals surface area contributed by atoms with E-state index in [1.54, 1.807) is 0 Å². The molecule has 1 aliphatic rings. The molecule has 0 aliphatic heterocycles. The highest BCUT2D eigenvalue weighted by Crippen LogP contribution is 2.37. The zero-order chi connectivity index (χ0) is 17.2. The van der Waals surface area contributed by atoms with Crippen LogP contribution >= 0.6 is 15.9 Å². The topological polar surface area (TPSA) is 23.8 Å². The number of rotatable bonds is 9. The standard InChI is InChI=1S/C22H32BrN/c1-2-3-4-5-6-7-18-8-10-19(11-9-18)16-21(17-24)20-12-14-22(23)15-13-20/h12-15,18-19,21H,2-11,16H2,1H3/t18-,19-,21?. The molecule has 1 unspecified atom stereocenters. The van der Waals surface area contributed by atoms with Gasteiger partial charge in [0.15, 0.2) is 0 Å². The van der Waals surface area contributed by atoms with Crippen molar-refractivity contribution in [2.75, 3.05) is 0 Å². The lowest BCUT2D eigenvalue weighted by Crippen LogP contribution is -2.16. The first-order valence-corrected chi connectivity index (χ1v) is 10.7. The Morgan fingerprint density at radius 2 is 1.62 bits per heavy atom. The third-order valence-electron chi connectivity index (χ3n) is 5.68. The minimum absolute atomic E-state index is 0.0636. The van der Waals surface area contributed by atoms with Crippen molar-refractivity contribution < 1.29 is 0 Å². The molecular formula is C22H32BrN. The second kappa shape index (κ2) is 10.9. The van der Waals surface area contributed by atoms with Gasteiger partial charge < -0.3 is 0 Å². The molecule has 1 aromatic rings. The molecule has 0 bridgehead atoms. The lowest BCUT2D eigenvalue weighted by molar-refractivity contribution is 0.245. The monoisotopic (exact) mass is 389 g/mol. The molecule has 0 heterocycles. The smallest absolute Gasteiger partial charge is 0.0715 e. The van der Waals surface area contributed by atoms with Crippen LogP contribution in [0.1, 0.15) is 89.0 Å². The number of hydrogen-bond donors (Lipinski definition) is 0. The van der Waals surface area contributed by atoms with E-state index in [1.807, 2.05) is 0 Å². The van der Waals surface area contributed by atoms with E-state index in [0.29, 0.717) is 0 Å². The Morgan fingerprint density at radius 1 is 1.00 bits per heavy atom. The highest BCUT2D eigenvalue weighted by atomic mass is 79.9. The summed E-state index contributed by atoms with van der Waals surface area (Å²) in [6.45, 7) is 2.28. The third-order valence-corrected chi connectivity index (χ3v) is 6.21. The Balaban J connectivity index is 1.70. The number of unbranched alkanes of at least 4 members (excludes halogenated alkanes) is 4. The Bertz CT molecular complexity index is 494. The first-order valence-electron chi connectivity index (χ1n) is 9.88. The van der Waals surface area contributed by atoms with Gasteiger partial charge in [-0.2, -0.15) is 5.26 Å². The van der Waals surface area contributed by atoms with Crippen LogP contribution in [0.25, 0.3) is 0 Å². The van der Waals surface area contributed by atoms with E-state index >= 15 is 0 Å². The molecule has 0 saturated heterocycles. The first kappa shape index (κ1) is 19.5. The van der Waals surface area contributed by atoms with E-state index in [2.05, 4.69) is 53.2 Å². The van der Waals surface area contributed by atoms with Crippen LogP contribution in [0.15, 0.2) is 28.7 Å². The van der Waals surface area contributed by atoms with Crippen molar-refractivity contribution in [2.24, 2.45) is 11.8 Å². The van der Waals surface area contributed by atoms with Crippen molar-refractivity contribution in [2.45, 2.75) is 83.5 Å². The van der Waals surface area contributed by atoms with Crippen molar-refractivity contribution in [3.05, 3.63) is 34.3 Å². The quantitative estimate of drug-likeness (QED) is 0.398. The number of nitriles is 1. The van der Waals surface area contributed by atoms with Crippen molar-refractivity contribution in [3.63, 3.8) is 0 Å². The zero-order valence-electron chi connectivity index (χ0n) is 15.1. The summed E-state index contributed by atoms with van der Waals surface area (Å²) in [7, 11) is 0. The van der Waals surface area contributed by atoms with E-state index in [-0.39, 0.29) is 5.92 Å². The normalized spacial score (nSPS) is 22.0. The van der Waals surface area contributed by atoms with Crippen LogP contribution in [0, 0.1) is 23.2 Å². The largest absolute Gasteiger partial charge is 0.198 e. The fraction of sp³-hybridized carbons (Fsp3) is 0.682. The molecule has 2 rings (SSSR count). The van der Waals surface area contributed by atoms with Crippen LogP contribution in [0.4, 0.5) is 0 Å². The summed E-state index contributed by atoms with van der Waals surface area (Å²) in [6.07, 6.45) is 14.9. The molecule has 1 aliphatic carbocycles. The van der Waals surface area contributed by atoms with E-state index in [0.717, 1.165) is 22.7 Å². The van der Waals surface area contributed by atoms with E-state index in [9.17, 15) is 5.26 Å². The maximum Gasteiger partial charge on any atom is 0.0715 e. The van der Waals surface area contributed by atoms with Crippen LogP contribution in [0.2, 0.25) is 0 Å². The minimum atomic E-state index is 0.0636. The van der Waals surface area contributed by atoms with Crippen molar-refractivity contribution in [1.82, 2.24) is 0 Å². The van der Waals surface area contributed by atoms with Crippen LogP contribution in [0.3, 0.4) is 0 Å². The average molecular weight is 390 g/mol. The van der Waals surface area contributed by atoms with Gasteiger partial charge in [-0.3, -0.25) is 0 Å². The second-order valence-electron chi connectivity index (χ2n) is 7.56. The molecule has 0 N–H and O–H groups in total. The van der Waals surface area contributed by atoms with E-state index in [1.165, 1.54) is 69.8 Å². The van der Waals surface area contributed by atoms with E-state index < -0.39 is 0 Å². The Morgan fingerprint density at radius 3 is 2.25 bits per heavy atom. The van der Waals surface area contributed by atoms with Gasteiger partial charge in [-0.15, -0.1) is 0 Å². The summed E-state index contributed by atoms with van der Waals surface area (Å²) in [6, 6.07) is 10.8. The van der Waals surface area contributed by atoms with Gasteiger partial charge in [0.25, 0.3) is 0 Å². The summed E-state index contributed by atoms with van der Waals surface area (Å²) >= 11 is 3.47. The van der Waals surface area contributed by atoms with Gasteiger partial charge in [0.1, 0.15) is 0 Å². The van der Waals surface area contributed by atoms with Gasteiger partial charge in [0, 0.05) is 4.47 Å². The molecule has 0 aromatic heterocycles. The van der Waals surface area contributed by atoms with Gasteiger partial charge >= 0.3 is 0 Å². The Hall–Kier alpha value is -0.810. The number of benzene rings is 1. The molecule has 1 saturated carbocycles. The lowest BCUT2D eigenvalue weighted by atomic mass is 9.75. The summed E-state index contributed by atoms with van der Waals surface area (Å²) in [4.78, 5) is 0. The fourth-order valence-corrected chi connectivity index (χ4v) is 4.35. The molecule has 0 spiro atoms. The summed E-state index contributed by atoms with van der Waals surface area (Å²) in [5.74, 6) is 1.76. The number of halogens is 1. The Kier molecular flexibility index (Phi) is 8.89. The highest BCUT2D eigenvalue weighted by molar-refractivity contribution is 9.10. The molecule has 132 valence electrons. The number of nitrogens with zero attached hydrogens (tertiary/aromatic N) is 1. The SMILES string of the molecule is CCCCCCC[C@H]1CC[C@H](CC(C#N)c2ccc(Br)cc2)CC1. The third kappa shape index (κ3) is 6.60. The van der Waals surface area contributed by atoms with Gasteiger partial charge in [-0.25, -0.2) is 0 Å². The number of hydrogen-bond acceptors (Lipinski definition) is 1. The molecule has 1 fully saturated rings. The summed E-state index contributed by atoms with van der Waals surface area (Å²) < 4.78 is 1.09. The maximum absolute atomic E-state index is 9.56. The van der Waals surface area contributed by atoms with Gasteiger partial charge in [-0.1, -0.05) is 99.2 Å². The van der Waals surface area contributed by atoms with Crippen LogP contribution in [-0.2, 0) is 0 Å². The van der Waals surface area contributed by atoms with Crippen LogP contribution < -0.4 is 0 Å². The molecule has 1 aromatic carbocycles. The first-order chi connectivity index (χ1) is 11.7. The fourth-order valence-electron chi connectivity index (χ4n) is 4.08. The average Bonchev–Trinajstić information content (AvgIpc) is 2.61. The second-order valence-corrected chi connectivity index (χ2v) is 8.47. The maximum atomic E-state index is 9.56. The van der Waals surface area contributed by atoms with Crippen molar-refractivity contribution in [1.29, 1.82) is 5.26 Å². The molecular weight excluding hydrogens is 358 g/mol. The molecule has 1 nitrogen and oxygen atoms in total. The van der Waals surface area contributed by atoms with E-state index in [4.69, 9.17) is 0 Å². The molecule has 24 heavy (non-hydrogen) atoms. The van der Waals surface area contributed by atoms with Crippen LogP contribution in [0.5, 0.6) is 0 Å². The molecule has 2 heteroatoms. The molecule has 0 radical (unpaired) electrons. The van der Waals surface area contributed by atoms with Crippen molar-refractivity contribution in [3.8, 4) is 6.07 Å². The predicted octanol–water partition coefficient (Wildman–Crippen LogP) is 7.61. The van der Waals surface area contributed by atoms with Gasteiger partial charge in [-0.05, 0) is 36.0 Å². The van der Waals surface area contributed by atoms with Crippen molar-refractivity contribution >= 4 is 15.9 Å². The van der Waals surface area contributed by atoms with Crippen LogP contribution in [-0.4, -0.2) is 0 Å². The lowest BCUT2D eigenvalue weighted by Gasteiger charge is -2.29. The predicted molar refractivity (Wildman–Crippen MR) is 106 cm³/mol. The summed E-state index contributed by atoms with van der Waals surface area (Å²) in [5, 5.41) is 9.56. The molecule has 0 amide bonds.